The number of anilines is 1. The number of primary amides is 1. The van der Waals surface area contributed by atoms with Crippen LogP contribution in [0.1, 0.15) is 36.0 Å². The number of hydrogen-bond donors (Lipinski definition) is 5. The molecule has 0 saturated heterocycles. The summed E-state index contributed by atoms with van der Waals surface area (Å²) in [5.74, 6) is -2.45. The molecule has 5 amide bonds. The minimum Gasteiger partial charge on any atom is -0.481 e. The summed E-state index contributed by atoms with van der Waals surface area (Å²) in [6.07, 6.45) is 2.45. The summed E-state index contributed by atoms with van der Waals surface area (Å²) in [6, 6.07) is 11.4. The number of nitrogens with two attached hydrogens (primary N) is 1. The van der Waals surface area contributed by atoms with Crippen molar-refractivity contribution >= 4 is 41.6 Å². The zero-order chi connectivity index (χ0) is 27.9. The SMILES string of the molecule is NC(=O)N/N=C/[C@@H](CC(=O)O)NC(=O)[C@@H]1Cc2cccc3c2N1C(=O)[C@@H](NC(=O)CCc1ccccc1)CC3. The first kappa shape index (κ1) is 27.3. The van der Waals surface area contributed by atoms with E-state index in [0.29, 0.717) is 24.9 Å². The van der Waals surface area contributed by atoms with Gasteiger partial charge in [-0.25, -0.2) is 10.2 Å². The van der Waals surface area contributed by atoms with E-state index < -0.39 is 48.4 Å². The molecule has 2 heterocycles. The molecular formula is C27H30N6O6. The number of carbonyl (C=O) groups is 5. The number of carboxylic acid groups (broad SMARTS) is 1. The lowest BCUT2D eigenvalue weighted by Crippen LogP contribution is -2.56. The number of benzene rings is 2. The van der Waals surface area contributed by atoms with E-state index in [0.717, 1.165) is 22.9 Å². The van der Waals surface area contributed by atoms with Crippen molar-refractivity contribution in [3.05, 3.63) is 65.2 Å². The Kier molecular flexibility index (Phi) is 8.54. The molecule has 2 aromatic carbocycles. The monoisotopic (exact) mass is 534 g/mol. The van der Waals surface area contributed by atoms with Crippen LogP contribution in [0.2, 0.25) is 0 Å². The number of hydrazone groups is 1. The number of aryl methyl sites for hydroxylation is 2. The zero-order valence-corrected chi connectivity index (χ0v) is 21.1. The highest BCUT2D eigenvalue weighted by Gasteiger charge is 2.44. The third-order valence-corrected chi connectivity index (χ3v) is 6.68. The summed E-state index contributed by atoms with van der Waals surface area (Å²) in [7, 11) is 0. The van der Waals surface area contributed by atoms with Crippen LogP contribution in [-0.4, -0.2) is 59.2 Å². The number of aliphatic carboxylic acids is 1. The molecule has 12 nitrogen and oxygen atoms in total. The molecule has 0 fully saturated rings. The van der Waals surface area contributed by atoms with Crippen molar-refractivity contribution in [2.24, 2.45) is 10.8 Å². The second-order valence-electron chi connectivity index (χ2n) is 9.46. The van der Waals surface area contributed by atoms with Gasteiger partial charge in [-0.05, 0) is 36.0 Å². The third-order valence-electron chi connectivity index (χ3n) is 6.68. The summed E-state index contributed by atoms with van der Waals surface area (Å²) in [4.78, 5) is 63.5. The summed E-state index contributed by atoms with van der Waals surface area (Å²) in [5.41, 5.74) is 10.3. The van der Waals surface area contributed by atoms with Gasteiger partial charge >= 0.3 is 12.0 Å². The number of carboxylic acids is 1. The highest BCUT2D eigenvalue weighted by atomic mass is 16.4. The molecule has 6 N–H and O–H groups in total. The van der Waals surface area contributed by atoms with Crippen LogP contribution in [0, 0.1) is 0 Å². The fourth-order valence-corrected chi connectivity index (χ4v) is 4.94. The molecule has 0 saturated carbocycles. The molecule has 2 aliphatic heterocycles. The lowest BCUT2D eigenvalue weighted by atomic mass is 10.0. The van der Waals surface area contributed by atoms with Gasteiger partial charge in [-0.1, -0.05) is 48.5 Å². The molecule has 3 atom stereocenters. The maximum atomic E-state index is 13.8. The second kappa shape index (κ2) is 12.2. The number of carbonyl (C=O) groups excluding carboxylic acids is 4. The van der Waals surface area contributed by atoms with Crippen molar-refractivity contribution < 1.29 is 29.1 Å². The Morgan fingerprint density at radius 3 is 2.56 bits per heavy atom. The Bertz CT molecular complexity index is 1300. The number of para-hydroxylation sites is 1. The molecule has 0 bridgehead atoms. The molecule has 0 aliphatic carbocycles. The number of urea groups is 1. The normalized spacial score (nSPS) is 18.7. The highest BCUT2D eigenvalue weighted by Crippen LogP contribution is 2.39. The van der Waals surface area contributed by atoms with Crippen molar-refractivity contribution in [3.8, 4) is 0 Å². The zero-order valence-electron chi connectivity index (χ0n) is 21.1. The molecule has 0 unspecified atom stereocenters. The van der Waals surface area contributed by atoms with Crippen LogP contribution in [0.15, 0.2) is 53.6 Å². The van der Waals surface area contributed by atoms with Crippen LogP contribution in [0.3, 0.4) is 0 Å². The quantitative estimate of drug-likeness (QED) is 0.220. The van der Waals surface area contributed by atoms with Crippen molar-refractivity contribution in [2.45, 2.75) is 56.7 Å². The average molecular weight is 535 g/mol. The molecular weight excluding hydrogens is 504 g/mol. The van der Waals surface area contributed by atoms with Gasteiger partial charge in [0.15, 0.2) is 0 Å². The minimum atomic E-state index is -1.20. The van der Waals surface area contributed by atoms with Crippen molar-refractivity contribution in [1.82, 2.24) is 16.1 Å². The van der Waals surface area contributed by atoms with Crippen LogP contribution >= 0.6 is 0 Å². The second-order valence-corrected chi connectivity index (χ2v) is 9.46. The maximum Gasteiger partial charge on any atom is 0.332 e. The Labute approximate surface area is 224 Å². The van der Waals surface area contributed by atoms with E-state index >= 15 is 0 Å². The van der Waals surface area contributed by atoms with E-state index in [1.165, 1.54) is 4.90 Å². The van der Waals surface area contributed by atoms with Crippen LogP contribution < -0.4 is 26.7 Å². The fraction of sp³-hybridized carbons (Fsp3) is 0.333. The summed E-state index contributed by atoms with van der Waals surface area (Å²) in [5, 5.41) is 18.3. The van der Waals surface area contributed by atoms with Crippen molar-refractivity contribution in [3.63, 3.8) is 0 Å². The number of rotatable bonds is 10. The van der Waals surface area contributed by atoms with Gasteiger partial charge in [0.1, 0.15) is 12.1 Å². The molecule has 2 aromatic rings. The number of nitrogens with one attached hydrogen (secondary N) is 3. The van der Waals surface area contributed by atoms with Crippen LogP contribution in [0.5, 0.6) is 0 Å². The largest absolute Gasteiger partial charge is 0.481 e. The van der Waals surface area contributed by atoms with Gasteiger partial charge in [0.25, 0.3) is 0 Å². The van der Waals surface area contributed by atoms with E-state index in [9.17, 15) is 29.1 Å². The topological polar surface area (TPSA) is 183 Å². The maximum absolute atomic E-state index is 13.8. The lowest BCUT2D eigenvalue weighted by Gasteiger charge is -2.28. The molecule has 0 aromatic heterocycles. The first-order valence-electron chi connectivity index (χ1n) is 12.6. The van der Waals surface area contributed by atoms with E-state index in [1.54, 1.807) is 0 Å². The molecule has 204 valence electrons. The van der Waals surface area contributed by atoms with E-state index in [1.807, 2.05) is 54.0 Å². The average Bonchev–Trinajstić information content (AvgIpc) is 3.23. The number of amides is 5. The molecule has 0 radical (unpaired) electrons. The van der Waals surface area contributed by atoms with Crippen molar-refractivity contribution in [1.29, 1.82) is 0 Å². The van der Waals surface area contributed by atoms with E-state index in [-0.39, 0.29) is 18.7 Å². The minimum absolute atomic E-state index is 0.214. The smallest absolute Gasteiger partial charge is 0.332 e. The number of hydrogen-bond acceptors (Lipinski definition) is 6. The van der Waals surface area contributed by atoms with Crippen LogP contribution in [-0.2, 0) is 38.4 Å². The Morgan fingerprint density at radius 1 is 1.10 bits per heavy atom. The molecule has 2 aliphatic rings. The highest BCUT2D eigenvalue weighted by molar-refractivity contribution is 6.08. The molecule has 4 rings (SSSR count). The Hall–Kier alpha value is -4.74. The molecule has 12 heteroatoms. The van der Waals surface area contributed by atoms with Gasteiger partial charge in [-0.15, -0.1) is 0 Å². The predicted octanol–water partition coefficient (Wildman–Crippen LogP) is 0.622. The van der Waals surface area contributed by atoms with Crippen molar-refractivity contribution in [2.75, 3.05) is 4.90 Å². The van der Waals surface area contributed by atoms with E-state index in [2.05, 4.69) is 15.7 Å². The third kappa shape index (κ3) is 6.78. The summed E-state index contributed by atoms with van der Waals surface area (Å²) < 4.78 is 0. The Morgan fingerprint density at radius 2 is 1.85 bits per heavy atom. The Balaban J connectivity index is 1.51. The molecule has 0 spiro atoms. The van der Waals surface area contributed by atoms with Gasteiger partial charge < -0.3 is 21.5 Å². The van der Waals surface area contributed by atoms with Crippen LogP contribution in [0.25, 0.3) is 0 Å². The first-order chi connectivity index (χ1) is 18.7. The predicted molar refractivity (Wildman–Crippen MR) is 142 cm³/mol. The summed E-state index contributed by atoms with van der Waals surface area (Å²) >= 11 is 0. The van der Waals surface area contributed by atoms with Gasteiger partial charge in [0.2, 0.25) is 17.7 Å². The van der Waals surface area contributed by atoms with E-state index in [4.69, 9.17) is 5.73 Å². The lowest BCUT2D eigenvalue weighted by molar-refractivity contribution is -0.137. The van der Waals surface area contributed by atoms with Crippen LogP contribution in [0.4, 0.5) is 10.5 Å². The van der Waals surface area contributed by atoms with Gasteiger partial charge in [0, 0.05) is 19.1 Å². The standard InChI is InChI=1S/C27H30N6O6/c28-27(39)32-29-15-19(14-23(35)36)30-25(37)21-13-18-8-4-7-17-10-11-20(26(38)33(21)24(17)18)31-22(34)12-9-16-5-2-1-3-6-16/h1-8,15,19-21H,9-14H2,(H,30,37)(H,31,34)(H,35,36)(H3,28,32,39)/b29-15+/t19-,20+,21+/m1/s1. The fourth-order valence-electron chi connectivity index (χ4n) is 4.94. The number of nitrogens with zero attached hydrogens (tertiary/aromatic N) is 2. The molecule has 39 heavy (non-hydrogen) atoms. The first-order valence-corrected chi connectivity index (χ1v) is 12.6. The van der Waals surface area contributed by atoms with Gasteiger partial charge in [-0.2, -0.15) is 5.10 Å². The summed E-state index contributed by atoms with van der Waals surface area (Å²) in [6.45, 7) is 0. The van der Waals surface area contributed by atoms with Gasteiger partial charge in [-0.3, -0.25) is 24.1 Å². The van der Waals surface area contributed by atoms with Gasteiger partial charge in [0.05, 0.1) is 18.2 Å².